The second-order valence-electron chi connectivity index (χ2n) is 4.61. The SMILES string of the molecule is C=C(C)C(=O)SCCCN(CCCNC(C)=O)C(C)=O. The molecule has 0 heterocycles. The molecule has 1 N–H and O–H groups in total. The minimum absolute atomic E-state index is 0.00466. The largest absolute Gasteiger partial charge is 0.356 e. The average molecular weight is 300 g/mol. The normalized spacial score (nSPS) is 9.95. The third-order valence-electron chi connectivity index (χ3n) is 2.58. The van der Waals surface area contributed by atoms with E-state index in [1.165, 1.54) is 25.6 Å². The van der Waals surface area contributed by atoms with E-state index < -0.39 is 0 Å². The van der Waals surface area contributed by atoms with Crippen molar-refractivity contribution in [2.45, 2.75) is 33.6 Å². The summed E-state index contributed by atoms with van der Waals surface area (Å²) in [7, 11) is 0. The number of amides is 2. The smallest absolute Gasteiger partial charge is 0.219 e. The maximum Gasteiger partial charge on any atom is 0.219 e. The van der Waals surface area contributed by atoms with Gasteiger partial charge in [0, 0.05) is 39.2 Å². The molecule has 0 radical (unpaired) electrons. The molecule has 0 atom stereocenters. The Morgan fingerprint density at radius 2 is 1.70 bits per heavy atom. The second kappa shape index (κ2) is 10.5. The van der Waals surface area contributed by atoms with Crippen molar-refractivity contribution in [1.29, 1.82) is 0 Å². The number of nitrogens with one attached hydrogen (secondary N) is 1. The fourth-order valence-electron chi connectivity index (χ4n) is 1.50. The molecule has 20 heavy (non-hydrogen) atoms. The molecule has 0 saturated heterocycles. The molecular formula is C14H24N2O3S. The minimum atomic E-state index is -0.0610. The van der Waals surface area contributed by atoms with Crippen LogP contribution in [0.15, 0.2) is 12.2 Å². The number of carbonyl (C=O) groups excluding carboxylic acids is 3. The second-order valence-corrected chi connectivity index (χ2v) is 5.68. The van der Waals surface area contributed by atoms with Crippen LogP contribution in [0.5, 0.6) is 0 Å². The van der Waals surface area contributed by atoms with E-state index in [-0.39, 0.29) is 16.9 Å². The van der Waals surface area contributed by atoms with Crippen LogP contribution >= 0.6 is 11.8 Å². The van der Waals surface area contributed by atoms with Crippen molar-refractivity contribution < 1.29 is 14.4 Å². The molecule has 0 bridgehead atoms. The molecule has 0 fully saturated rings. The fourth-order valence-corrected chi connectivity index (χ4v) is 2.21. The Morgan fingerprint density at radius 1 is 1.10 bits per heavy atom. The number of hydrogen-bond acceptors (Lipinski definition) is 4. The molecule has 0 spiro atoms. The topological polar surface area (TPSA) is 66.5 Å². The molecule has 6 heteroatoms. The first-order chi connectivity index (χ1) is 9.34. The standard InChI is InChI=1S/C14H24N2O3S/c1-11(2)14(19)20-10-6-9-16(13(4)18)8-5-7-15-12(3)17/h1,5-10H2,2-4H3,(H,15,17). The first kappa shape index (κ1) is 18.7. The van der Waals surface area contributed by atoms with Gasteiger partial charge in [0.15, 0.2) is 0 Å². The van der Waals surface area contributed by atoms with Crippen LogP contribution in [0.25, 0.3) is 0 Å². The van der Waals surface area contributed by atoms with Crippen molar-refractivity contribution in [2.75, 3.05) is 25.4 Å². The fraction of sp³-hybridized carbons (Fsp3) is 0.643. The molecular weight excluding hydrogens is 276 g/mol. The molecule has 0 aromatic rings. The third-order valence-corrected chi connectivity index (χ3v) is 3.68. The van der Waals surface area contributed by atoms with Gasteiger partial charge in [0.05, 0.1) is 0 Å². The van der Waals surface area contributed by atoms with Crippen molar-refractivity contribution in [2.24, 2.45) is 0 Å². The van der Waals surface area contributed by atoms with Crippen LogP contribution in [0.3, 0.4) is 0 Å². The highest BCUT2D eigenvalue weighted by molar-refractivity contribution is 8.14. The van der Waals surface area contributed by atoms with Gasteiger partial charge in [0.1, 0.15) is 0 Å². The number of carbonyl (C=O) groups is 3. The number of rotatable bonds is 9. The summed E-state index contributed by atoms with van der Waals surface area (Å²) in [5.41, 5.74) is 0.550. The van der Waals surface area contributed by atoms with Gasteiger partial charge in [-0.05, 0) is 25.3 Å². The van der Waals surface area contributed by atoms with E-state index >= 15 is 0 Å². The monoisotopic (exact) mass is 300 g/mol. The molecule has 2 amide bonds. The van der Waals surface area contributed by atoms with E-state index in [0.717, 1.165) is 12.8 Å². The molecule has 0 rings (SSSR count). The van der Waals surface area contributed by atoms with Crippen molar-refractivity contribution in [3.05, 3.63) is 12.2 Å². The van der Waals surface area contributed by atoms with Gasteiger partial charge in [-0.15, -0.1) is 0 Å². The van der Waals surface area contributed by atoms with Crippen LogP contribution in [-0.2, 0) is 14.4 Å². The number of nitrogens with zero attached hydrogens (tertiary/aromatic N) is 1. The van der Waals surface area contributed by atoms with E-state index in [2.05, 4.69) is 11.9 Å². The van der Waals surface area contributed by atoms with E-state index in [1.54, 1.807) is 11.8 Å². The lowest BCUT2D eigenvalue weighted by atomic mass is 10.3. The quantitative estimate of drug-likeness (QED) is 0.519. The van der Waals surface area contributed by atoms with Crippen LogP contribution < -0.4 is 5.32 Å². The number of hydrogen-bond donors (Lipinski definition) is 1. The molecule has 5 nitrogen and oxygen atoms in total. The highest BCUT2D eigenvalue weighted by Gasteiger charge is 2.09. The summed E-state index contributed by atoms with van der Waals surface area (Å²) in [6.07, 6.45) is 1.50. The van der Waals surface area contributed by atoms with E-state index in [1.807, 2.05) is 0 Å². The Balaban J connectivity index is 3.86. The van der Waals surface area contributed by atoms with Gasteiger partial charge in [-0.25, -0.2) is 0 Å². The summed E-state index contributed by atoms with van der Waals surface area (Å²) < 4.78 is 0. The summed E-state index contributed by atoms with van der Waals surface area (Å²) in [5.74, 6) is 0.638. The van der Waals surface area contributed by atoms with Crippen molar-refractivity contribution in [1.82, 2.24) is 10.2 Å². The zero-order valence-corrected chi connectivity index (χ0v) is 13.3. The lowest BCUT2D eigenvalue weighted by Crippen LogP contribution is -2.33. The van der Waals surface area contributed by atoms with Crippen LogP contribution in [-0.4, -0.2) is 47.2 Å². The van der Waals surface area contributed by atoms with Gasteiger partial charge in [-0.2, -0.15) is 0 Å². The summed E-state index contributed by atoms with van der Waals surface area (Å²) >= 11 is 1.24. The Morgan fingerprint density at radius 3 is 2.20 bits per heavy atom. The van der Waals surface area contributed by atoms with E-state index in [0.29, 0.717) is 31.0 Å². The maximum atomic E-state index is 11.5. The van der Waals surface area contributed by atoms with Crippen molar-refractivity contribution in [3.8, 4) is 0 Å². The Bertz CT molecular complexity index is 369. The third kappa shape index (κ3) is 9.61. The predicted molar refractivity (Wildman–Crippen MR) is 82.5 cm³/mol. The minimum Gasteiger partial charge on any atom is -0.356 e. The van der Waals surface area contributed by atoms with Gasteiger partial charge >= 0.3 is 0 Å². The first-order valence-corrected chi connectivity index (χ1v) is 7.65. The first-order valence-electron chi connectivity index (χ1n) is 6.67. The molecule has 0 aromatic heterocycles. The summed E-state index contributed by atoms with van der Waals surface area (Å²) in [6, 6.07) is 0. The van der Waals surface area contributed by atoms with Crippen LogP contribution in [0.2, 0.25) is 0 Å². The molecule has 0 aliphatic rings. The summed E-state index contributed by atoms with van der Waals surface area (Å²) in [5, 5.41) is 2.70. The van der Waals surface area contributed by atoms with Gasteiger partial charge < -0.3 is 10.2 Å². The highest BCUT2D eigenvalue weighted by Crippen LogP contribution is 2.10. The Hall–Kier alpha value is -1.30. The van der Waals surface area contributed by atoms with Crippen LogP contribution in [0, 0.1) is 0 Å². The molecule has 0 saturated carbocycles. The Labute approximate surface area is 125 Å². The zero-order valence-electron chi connectivity index (χ0n) is 12.5. The molecule has 114 valence electrons. The van der Waals surface area contributed by atoms with E-state index in [4.69, 9.17) is 0 Å². The zero-order chi connectivity index (χ0) is 15.5. The number of thioether (sulfide) groups is 1. The molecule has 0 aliphatic heterocycles. The average Bonchev–Trinajstić information content (AvgIpc) is 2.35. The van der Waals surface area contributed by atoms with Crippen LogP contribution in [0.4, 0.5) is 0 Å². The molecule has 0 unspecified atom stereocenters. The summed E-state index contributed by atoms with van der Waals surface area (Å²) in [4.78, 5) is 35.3. The Kier molecular flexibility index (Phi) is 9.80. The molecule has 0 aromatic carbocycles. The maximum absolute atomic E-state index is 11.5. The molecule has 0 aliphatic carbocycles. The summed E-state index contributed by atoms with van der Waals surface area (Å²) in [6.45, 7) is 10.1. The van der Waals surface area contributed by atoms with Gasteiger partial charge in [-0.1, -0.05) is 18.3 Å². The van der Waals surface area contributed by atoms with Gasteiger partial charge in [0.2, 0.25) is 16.9 Å². The highest BCUT2D eigenvalue weighted by atomic mass is 32.2. The van der Waals surface area contributed by atoms with Crippen LogP contribution in [0.1, 0.15) is 33.6 Å². The van der Waals surface area contributed by atoms with Crippen molar-refractivity contribution >= 4 is 28.7 Å². The van der Waals surface area contributed by atoms with Gasteiger partial charge in [0.25, 0.3) is 0 Å². The van der Waals surface area contributed by atoms with Crippen molar-refractivity contribution in [3.63, 3.8) is 0 Å². The van der Waals surface area contributed by atoms with Gasteiger partial charge in [-0.3, -0.25) is 14.4 Å². The lowest BCUT2D eigenvalue weighted by Gasteiger charge is -2.20. The van der Waals surface area contributed by atoms with E-state index in [9.17, 15) is 14.4 Å². The lowest BCUT2D eigenvalue weighted by molar-refractivity contribution is -0.128. The predicted octanol–water partition coefficient (Wildman–Crippen LogP) is 1.59.